The number of amides is 2. The van der Waals surface area contributed by atoms with Gasteiger partial charge in [-0.05, 0) is 19.1 Å². The fraction of sp³-hybridized carbons (Fsp3) is 0.0714. The predicted octanol–water partition coefficient (Wildman–Crippen LogP) is -0.206. The molecule has 2 amide bonds. The second kappa shape index (κ2) is 5.91. The van der Waals surface area contributed by atoms with Crippen LogP contribution in [0.4, 0.5) is 0 Å². The van der Waals surface area contributed by atoms with Gasteiger partial charge in [0.2, 0.25) is 0 Å². The number of aromatic nitrogens is 2. The highest BCUT2D eigenvalue weighted by molar-refractivity contribution is 7.89. The van der Waals surface area contributed by atoms with E-state index in [4.69, 9.17) is 0 Å². The molecule has 2 heterocycles. The molecule has 1 aromatic heterocycles. The van der Waals surface area contributed by atoms with Gasteiger partial charge in [-0.3, -0.25) is 14.6 Å². The van der Waals surface area contributed by atoms with Gasteiger partial charge in [0, 0.05) is 12.4 Å². The number of nitrogens with zero attached hydrogens (tertiary/aromatic N) is 4. The van der Waals surface area contributed by atoms with Gasteiger partial charge in [0.05, 0.1) is 11.1 Å². The van der Waals surface area contributed by atoms with Crippen molar-refractivity contribution >= 4 is 27.7 Å². The van der Waals surface area contributed by atoms with Gasteiger partial charge in [-0.1, -0.05) is 17.7 Å². The lowest BCUT2D eigenvalue weighted by atomic mass is 10.2. The van der Waals surface area contributed by atoms with Crippen LogP contribution in [0.5, 0.6) is 0 Å². The first kappa shape index (κ1) is 15.9. The fourth-order valence-electron chi connectivity index (χ4n) is 1.95. The molecule has 0 saturated carbocycles. The molecular weight excluding hydrogens is 334 g/mol. The van der Waals surface area contributed by atoms with Crippen molar-refractivity contribution < 1.29 is 18.0 Å². The molecule has 0 spiro atoms. The van der Waals surface area contributed by atoms with Crippen molar-refractivity contribution in [1.29, 1.82) is 0 Å². The number of nitrogens with one attached hydrogen (secondary N) is 1. The quantitative estimate of drug-likeness (QED) is 0.766. The van der Waals surface area contributed by atoms with Gasteiger partial charge in [-0.2, -0.15) is 4.99 Å². The van der Waals surface area contributed by atoms with Crippen LogP contribution in [0.3, 0.4) is 0 Å². The first-order chi connectivity index (χ1) is 11.4. The third-order valence-electron chi connectivity index (χ3n) is 3.14. The minimum absolute atomic E-state index is 0.0567. The molecule has 0 atom stereocenters. The molecule has 10 heteroatoms. The van der Waals surface area contributed by atoms with Crippen LogP contribution in [0.2, 0.25) is 0 Å². The normalized spacial score (nSPS) is 14.9. The van der Waals surface area contributed by atoms with E-state index in [9.17, 15) is 18.0 Å². The van der Waals surface area contributed by atoms with Gasteiger partial charge in [0.15, 0.2) is 5.84 Å². The lowest BCUT2D eigenvalue weighted by molar-refractivity contribution is -0.140. The zero-order valence-corrected chi connectivity index (χ0v) is 13.2. The molecule has 1 aliphatic rings. The molecule has 0 bridgehead atoms. The van der Waals surface area contributed by atoms with E-state index in [1.165, 1.54) is 30.7 Å². The standard InChI is InChI=1S/C14H11N5O4S/c1-9-2-4-10(5-3-9)24(22,23)18-19-12(17-13(20)14(19)21)11-8-15-6-7-16-11/h2-8,18H,1H3. The Morgan fingerprint density at radius 1 is 1.08 bits per heavy atom. The molecule has 0 saturated heterocycles. The Morgan fingerprint density at radius 3 is 2.42 bits per heavy atom. The Kier molecular flexibility index (Phi) is 3.91. The van der Waals surface area contributed by atoms with Crippen LogP contribution in [-0.4, -0.2) is 41.0 Å². The Balaban J connectivity index is 1.95. The fourth-order valence-corrected chi connectivity index (χ4v) is 2.96. The molecule has 0 unspecified atom stereocenters. The van der Waals surface area contributed by atoms with Crippen LogP contribution in [0.15, 0.2) is 52.7 Å². The van der Waals surface area contributed by atoms with Crippen LogP contribution in [0.1, 0.15) is 11.3 Å². The van der Waals surface area contributed by atoms with E-state index in [-0.39, 0.29) is 16.4 Å². The lowest BCUT2D eigenvalue weighted by Crippen LogP contribution is -2.48. The van der Waals surface area contributed by atoms with Gasteiger partial charge in [-0.25, -0.2) is 18.4 Å². The number of aliphatic imine (C=N–C) groups is 1. The monoisotopic (exact) mass is 345 g/mol. The van der Waals surface area contributed by atoms with Gasteiger partial charge >= 0.3 is 11.8 Å². The summed E-state index contributed by atoms with van der Waals surface area (Å²) in [5.74, 6) is -2.44. The molecule has 0 radical (unpaired) electrons. The van der Waals surface area contributed by atoms with Crippen molar-refractivity contribution in [3.8, 4) is 0 Å². The smallest absolute Gasteiger partial charge is 0.261 e. The number of rotatable bonds is 4. The van der Waals surface area contributed by atoms with E-state index in [0.29, 0.717) is 5.01 Å². The van der Waals surface area contributed by atoms with Crippen molar-refractivity contribution in [2.45, 2.75) is 11.8 Å². The summed E-state index contributed by atoms with van der Waals surface area (Å²) in [5.41, 5.74) is 0.964. The number of hydrogen-bond donors (Lipinski definition) is 1. The average molecular weight is 345 g/mol. The molecule has 24 heavy (non-hydrogen) atoms. The summed E-state index contributed by atoms with van der Waals surface area (Å²) in [7, 11) is -4.08. The van der Waals surface area contributed by atoms with Crippen molar-refractivity contribution in [2.24, 2.45) is 4.99 Å². The maximum atomic E-state index is 12.4. The summed E-state index contributed by atoms with van der Waals surface area (Å²) in [6.07, 6.45) is 3.99. The van der Waals surface area contributed by atoms with Crippen LogP contribution in [0.25, 0.3) is 0 Å². The summed E-state index contributed by atoms with van der Waals surface area (Å²) in [4.78, 5) is 36.8. The molecule has 0 fully saturated rings. The van der Waals surface area contributed by atoms with E-state index in [1.807, 2.05) is 6.92 Å². The molecule has 3 rings (SSSR count). The number of amidine groups is 1. The van der Waals surface area contributed by atoms with E-state index in [1.54, 1.807) is 12.1 Å². The maximum absolute atomic E-state index is 12.4. The molecule has 9 nitrogen and oxygen atoms in total. The summed E-state index contributed by atoms with van der Waals surface area (Å²) in [6, 6.07) is 6.00. The third kappa shape index (κ3) is 2.92. The highest BCUT2D eigenvalue weighted by Gasteiger charge is 2.38. The van der Waals surface area contributed by atoms with Crippen LogP contribution in [0, 0.1) is 6.92 Å². The summed E-state index contributed by atoms with van der Waals surface area (Å²) in [6.45, 7) is 1.81. The van der Waals surface area contributed by atoms with Crippen molar-refractivity contribution in [2.75, 3.05) is 0 Å². The number of carbonyl (C=O) groups excluding carboxylic acids is 2. The topological polar surface area (TPSA) is 122 Å². The summed E-state index contributed by atoms with van der Waals surface area (Å²) in [5, 5.41) is 0.557. The predicted molar refractivity (Wildman–Crippen MR) is 81.9 cm³/mol. The Morgan fingerprint density at radius 2 is 1.79 bits per heavy atom. The molecule has 122 valence electrons. The zero-order chi connectivity index (χ0) is 17.3. The van der Waals surface area contributed by atoms with Gasteiger partial charge in [0.1, 0.15) is 5.69 Å². The SMILES string of the molecule is Cc1ccc(S(=O)(=O)NN2C(=O)C(=O)N=C2c2cnccn2)cc1. The largest absolute Gasteiger partial charge is 0.339 e. The van der Waals surface area contributed by atoms with Crippen molar-refractivity contribution in [3.05, 3.63) is 54.1 Å². The minimum atomic E-state index is -4.08. The number of benzene rings is 1. The van der Waals surface area contributed by atoms with E-state index < -0.39 is 21.8 Å². The zero-order valence-electron chi connectivity index (χ0n) is 12.4. The Hall–Kier alpha value is -2.98. The molecule has 0 aliphatic carbocycles. The van der Waals surface area contributed by atoms with Gasteiger partial charge < -0.3 is 0 Å². The van der Waals surface area contributed by atoms with E-state index in [0.717, 1.165) is 5.56 Å². The number of sulfonamides is 1. The molecule has 1 aliphatic heterocycles. The number of carbonyl (C=O) groups is 2. The Bertz CT molecular complexity index is 939. The number of aryl methyl sites for hydroxylation is 1. The Labute approximate surface area is 137 Å². The number of hydrazine groups is 1. The lowest BCUT2D eigenvalue weighted by Gasteiger charge is -2.18. The maximum Gasteiger partial charge on any atom is 0.339 e. The van der Waals surface area contributed by atoms with Crippen molar-refractivity contribution in [3.63, 3.8) is 0 Å². The van der Waals surface area contributed by atoms with E-state index in [2.05, 4.69) is 19.8 Å². The molecule has 1 aromatic carbocycles. The summed E-state index contributed by atoms with van der Waals surface area (Å²) >= 11 is 0. The van der Waals surface area contributed by atoms with E-state index >= 15 is 0 Å². The van der Waals surface area contributed by atoms with Gasteiger partial charge in [0.25, 0.3) is 10.0 Å². The highest BCUT2D eigenvalue weighted by Crippen LogP contribution is 2.14. The van der Waals surface area contributed by atoms with Crippen LogP contribution in [-0.2, 0) is 19.6 Å². The molecule has 2 aromatic rings. The number of hydrogen-bond acceptors (Lipinski definition) is 6. The first-order valence-corrected chi connectivity index (χ1v) is 8.19. The first-order valence-electron chi connectivity index (χ1n) is 6.71. The van der Waals surface area contributed by atoms with Crippen LogP contribution < -0.4 is 4.83 Å². The van der Waals surface area contributed by atoms with Gasteiger partial charge in [-0.15, -0.1) is 4.83 Å². The highest BCUT2D eigenvalue weighted by atomic mass is 32.2. The summed E-state index contributed by atoms with van der Waals surface area (Å²) < 4.78 is 24.8. The second-order valence-electron chi connectivity index (χ2n) is 4.88. The second-order valence-corrected chi connectivity index (χ2v) is 6.54. The minimum Gasteiger partial charge on any atom is -0.261 e. The third-order valence-corrected chi connectivity index (χ3v) is 4.46. The van der Waals surface area contributed by atoms with Crippen molar-refractivity contribution in [1.82, 2.24) is 19.8 Å². The average Bonchev–Trinajstić information content (AvgIpc) is 2.84. The molecular formula is C14H11N5O4S. The van der Waals surface area contributed by atoms with Crippen LogP contribution >= 0.6 is 0 Å². The molecule has 1 N–H and O–H groups in total.